The lowest BCUT2D eigenvalue weighted by Gasteiger charge is -2.22. The molecule has 1 N–H and O–H groups in total. The summed E-state index contributed by atoms with van der Waals surface area (Å²) in [4.78, 5) is 11.6. The minimum atomic E-state index is -0.0565. The van der Waals surface area contributed by atoms with E-state index >= 15 is 0 Å². The lowest BCUT2D eigenvalue weighted by Crippen LogP contribution is -2.12. The molecule has 3 aromatic carbocycles. The smallest absolute Gasteiger partial charge is 0.221 e. The van der Waals surface area contributed by atoms with Crippen LogP contribution in [0, 0.1) is 13.8 Å². The Balaban J connectivity index is 2.16. The number of benzene rings is 3. The third-order valence-electron chi connectivity index (χ3n) is 4.40. The van der Waals surface area contributed by atoms with E-state index < -0.39 is 0 Å². The average molecular weight is 329 g/mol. The van der Waals surface area contributed by atoms with Crippen molar-refractivity contribution < 1.29 is 4.79 Å². The highest BCUT2D eigenvalue weighted by Crippen LogP contribution is 2.36. The zero-order chi connectivity index (χ0) is 17.8. The SMILES string of the molecule is CC(=O)Nc1ccccc1C(c1ccc(C)cc1)c1ccc(C)cc1. The van der Waals surface area contributed by atoms with Gasteiger partial charge < -0.3 is 5.32 Å². The minimum Gasteiger partial charge on any atom is -0.326 e. The summed E-state index contributed by atoms with van der Waals surface area (Å²) in [6, 6.07) is 25.3. The third-order valence-corrected chi connectivity index (χ3v) is 4.40. The molecule has 0 spiro atoms. The lowest BCUT2D eigenvalue weighted by atomic mass is 9.83. The zero-order valence-electron chi connectivity index (χ0n) is 14.9. The van der Waals surface area contributed by atoms with E-state index in [0.717, 1.165) is 11.3 Å². The van der Waals surface area contributed by atoms with Gasteiger partial charge in [0, 0.05) is 18.5 Å². The van der Waals surface area contributed by atoms with Gasteiger partial charge in [0.1, 0.15) is 0 Å². The van der Waals surface area contributed by atoms with Gasteiger partial charge in [-0.2, -0.15) is 0 Å². The van der Waals surface area contributed by atoms with E-state index in [1.807, 2.05) is 18.2 Å². The van der Waals surface area contributed by atoms with E-state index in [0.29, 0.717) is 0 Å². The van der Waals surface area contributed by atoms with Gasteiger partial charge >= 0.3 is 0 Å². The molecule has 0 bridgehead atoms. The number of nitrogens with one attached hydrogen (secondary N) is 1. The number of carbonyl (C=O) groups excluding carboxylic acids is 1. The van der Waals surface area contributed by atoms with Crippen LogP contribution in [0.4, 0.5) is 5.69 Å². The maximum atomic E-state index is 11.6. The second-order valence-corrected chi connectivity index (χ2v) is 6.52. The molecule has 126 valence electrons. The van der Waals surface area contributed by atoms with Crippen molar-refractivity contribution >= 4 is 11.6 Å². The van der Waals surface area contributed by atoms with Crippen molar-refractivity contribution in [2.24, 2.45) is 0 Å². The molecule has 2 heteroatoms. The maximum Gasteiger partial charge on any atom is 0.221 e. The molecule has 0 aliphatic rings. The largest absolute Gasteiger partial charge is 0.326 e. The fourth-order valence-corrected chi connectivity index (χ4v) is 3.12. The molecule has 0 saturated carbocycles. The number of hydrogen-bond donors (Lipinski definition) is 1. The third kappa shape index (κ3) is 3.97. The Bertz CT molecular complexity index is 818. The molecule has 0 atom stereocenters. The van der Waals surface area contributed by atoms with Crippen LogP contribution in [0.3, 0.4) is 0 Å². The fourth-order valence-electron chi connectivity index (χ4n) is 3.12. The average Bonchev–Trinajstić information content (AvgIpc) is 2.59. The molecule has 1 amide bonds. The molecular weight excluding hydrogens is 306 g/mol. The van der Waals surface area contributed by atoms with E-state index in [4.69, 9.17) is 0 Å². The van der Waals surface area contributed by atoms with Crippen molar-refractivity contribution in [3.8, 4) is 0 Å². The zero-order valence-corrected chi connectivity index (χ0v) is 14.9. The molecule has 0 fully saturated rings. The van der Waals surface area contributed by atoms with Crippen molar-refractivity contribution in [2.45, 2.75) is 26.7 Å². The van der Waals surface area contributed by atoms with Gasteiger partial charge in [0.05, 0.1) is 0 Å². The van der Waals surface area contributed by atoms with Gasteiger partial charge in [-0.1, -0.05) is 77.9 Å². The highest BCUT2D eigenvalue weighted by molar-refractivity contribution is 5.90. The quantitative estimate of drug-likeness (QED) is 0.634. The van der Waals surface area contributed by atoms with E-state index in [1.165, 1.54) is 22.3 Å². The molecule has 0 aromatic heterocycles. The summed E-state index contributed by atoms with van der Waals surface area (Å²) < 4.78 is 0. The first kappa shape index (κ1) is 17.0. The molecule has 0 radical (unpaired) electrons. The number of amides is 1. The topological polar surface area (TPSA) is 29.1 Å². The number of carbonyl (C=O) groups is 1. The molecule has 0 aliphatic carbocycles. The van der Waals surface area contributed by atoms with Crippen molar-refractivity contribution in [1.29, 1.82) is 0 Å². The molecule has 0 unspecified atom stereocenters. The Morgan fingerprint density at radius 2 is 1.24 bits per heavy atom. The summed E-state index contributed by atoms with van der Waals surface area (Å²) >= 11 is 0. The number of para-hydroxylation sites is 1. The normalized spacial score (nSPS) is 10.7. The van der Waals surface area contributed by atoms with Gasteiger partial charge in [0.15, 0.2) is 0 Å². The predicted octanol–water partition coefficient (Wildman–Crippen LogP) is 5.44. The van der Waals surface area contributed by atoms with Gasteiger partial charge in [-0.05, 0) is 36.6 Å². The van der Waals surface area contributed by atoms with E-state index in [-0.39, 0.29) is 11.8 Å². The molecule has 3 rings (SSSR count). The number of anilines is 1. The Kier molecular flexibility index (Phi) is 4.99. The Morgan fingerprint density at radius 1 is 0.760 bits per heavy atom. The van der Waals surface area contributed by atoms with Gasteiger partial charge in [0.25, 0.3) is 0 Å². The molecule has 0 heterocycles. The van der Waals surface area contributed by atoms with E-state index in [9.17, 15) is 4.79 Å². The van der Waals surface area contributed by atoms with Crippen LogP contribution in [-0.4, -0.2) is 5.91 Å². The second kappa shape index (κ2) is 7.35. The summed E-state index contributed by atoms with van der Waals surface area (Å²) in [6.45, 7) is 5.73. The summed E-state index contributed by atoms with van der Waals surface area (Å²) in [5, 5.41) is 2.98. The van der Waals surface area contributed by atoms with E-state index in [1.54, 1.807) is 6.92 Å². The Morgan fingerprint density at radius 3 is 1.72 bits per heavy atom. The Labute approximate surface area is 149 Å². The van der Waals surface area contributed by atoms with Crippen LogP contribution in [0.15, 0.2) is 72.8 Å². The molecular formula is C23H23NO. The molecule has 25 heavy (non-hydrogen) atoms. The summed E-state index contributed by atoms with van der Waals surface area (Å²) in [5.74, 6) is 0.0169. The first-order chi connectivity index (χ1) is 12.0. The number of hydrogen-bond acceptors (Lipinski definition) is 1. The molecule has 2 nitrogen and oxygen atoms in total. The fraction of sp³-hybridized carbons (Fsp3) is 0.174. The van der Waals surface area contributed by atoms with Gasteiger partial charge in [-0.3, -0.25) is 4.79 Å². The first-order valence-electron chi connectivity index (χ1n) is 8.54. The summed E-state index contributed by atoms with van der Waals surface area (Å²) in [6.07, 6.45) is 0. The highest BCUT2D eigenvalue weighted by Gasteiger charge is 2.20. The van der Waals surface area contributed by atoms with E-state index in [2.05, 4.69) is 73.8 Å². The minimum absolute atomic E-state index is 0.0565. The van der Waals surface area contributed by atoms with Crippen molar-refractivity contribution in [1.82, 2.24) is 0 Å². The van der Waals surface area contributed by atoms with Gasteiger partial charge in [-0.15, -0.1) is 0 Å². The van der Waals surface area contributed by atoms with Crippen molar-refractivity contribution in [2.75, 3.05) is 5.32 Å². The van der Waals surface area contributed by atoms with Crippen molar-refractivity contribution in [3.05, 3.63) is 101 Å². The number of rotatable bonds is 4. The second-order valence-electron chi connectivity index (χ2n) is 6.52. The van der Waals surface area contributed by atoms with Crippen LogP contribution in [-0.2, 0) is 4.79 Å². The van der Waals surface area contributed by atoms with Crippen LogP contribution < -0.4 is 5.32 Å². The van der Waals surface area contributed by atoms with Crippen LogP contribution in [0.25, 0.3) is 0 Å². The van der Waals surface area contributed by atoms with Crippen LogP contribution in [0.5, 0.6) is 0 Å². The van der Waals surface area contributed by atoms with Crippen LogP contribution in [0.1, 0.15) is 40.7 Å². The maximum absolute atomic E-state index is 11.6. The molecule has 3 aromatic rings. The monoisotopic (exact) mass is 329 g/mol. The van der Waals surface area contributed by atoms with Crippen molar-refractivity contribution in [3.63, 3.8) is 0 Å². The molecule has 0 saturated heterocycles. The lowest BCUT2D eigenvalue weighted by molar-refractivity contribution is -0.114. The van der Waals surface area contributed by atoms with Crippen LogP contribution >= 0.6 is 0 Å². The highest BCUT2D eigenvalue weighted by atomic mass is 16.1. The standard InChI is InChI=1S/C23H23NO/c1-16-8-12-19(13-9-16)23(20-14-10-17(2)11-15-20)21-6-4-5-7-22(21)24-18(3)25/h4-15,23H,1-3H3,(H,24,25). The number of aryl methyl sites for hydroxylation is 2. The van der Waals surface area contributed by atoms with Crippen LogP contribution in [0.2, 0.25) is 0 Å². The summed E-state index contributed by atoms with van der Waals surface area (Å²) in [5.41, 5.74) is 6.87. The Hall–Kier alpha value is -2.87. The van der Waals surface area contributed by atoms with Gasteiger partial charge in [-0.25, -0.2) is 0 Å². The first-order valence-corrected chi connectivity index (χ1v) is 8.54. The van der Waals surface area contributed by atoms with Gasteiger partial charge in [0.2, 0.25) is 5.91 Å². The molecule has 0 aliphatic heterocycles. The summed E-state index contributed by atoms with van der Waals surface area (Å²) in [7, 11) is 0. The predicted molar refractivity (Wildman–Crippen MR) is 104 cm³/mol.